The Morgan fingerprint density at radius 1 is 1.08 bits per heavy atom. The summed E-state index contributed by atoms with van der Waals surface area (Å²) in [6, 6.07) is 12.5. The van der Waals surface area contributed by atoms with Crippen molar-refractivity contribution >= 4 is 28.7 Å². The van der Waals surface area contributed by atoms with Gasteiger partial charge in [0.1, 0.15) is 0 Å². The van der Waals surface area contributed by atoms with Gasteiger partial charge in [0.15, 0.2) is 0 Å². The summed E-state index contributed by atoms with van der Waals surface area (Å²) in [5.41, 5.74) is 2.06. The van der Waals surface area contributed by atoms with Crippen LogP contribution in [0.1, 0.15) is 11.1 Å². The van der Waals surface area contributed by atoms with Crippen LogP contribution in [-0.4, -0.2) is 38.3 Å². The monoisotopic (exact) mass is 363 g/mol. The number of hydrogen-bond donors (Lipinski definition) is 3. The zero-order valence-electron chi connectivity index (χ0n) is 13.5. The van der Waals surface area contributed by atoms with Gasteiger partial charge in [-0.3, -0.25) is 0 Å². The van der Waals surface area contributed by atoms with Gasteiger partial charge in [-0.05, 0) is 30.1 Å². The Bertz CT molecular complexity index is 819. The molecule has 0 aliphatic heterocycles. The second-order valence-electron chi connectivity index (χ2n) is 5.42. The van der Waals surface area contributed by atoms with E-state index in [1.165, 1.54) is 12.1 Å². The van der Waals surface area contributed by atoms with Crippen molar-refractivity contribution in [3.8, 4) is 0 Å². The van der Waals surface area contributed by atoms with Crippen LogP contribution in [0.2, 0.25) is 0 Å². The molecule has 9 heteroatoms. The smallest absolute Gasteiger partial charge is 0.448 e. The van der Waals surface area contributed by atoms with Crippen LogP contribution >= 0.6 is 0 Å². The fourth-order valence-electron chi connectivity index (χ4n) is 2.03. The lowest BCUT2D eigenvalue weighted by Crippen LogP contribution is -2.31. The molecule has 0 bridgehead atoms. The molecule has 0 aliphatic carbocycles. The molecule has 0 saturated carbocycles. The van der Waals surface area contributed by atoms with Gasteiger partial charge in [0.25, 0.3) is 10.0 Å². The molecule has 0 atom stereocenters. The van der Waals surface area contributed by atoms with Gasteiger partial charge in [-0.25, -0.2) is 17.9 Å². The van der Waals surface area contributed by atoms with Gasteiger partial charge < -0.3 is 14.8 Å². The molecule has 0 heterocycles. The minimum absolute atomic E-state index is 0.0176. The number of nitrogens with one attached hydrogen (secondary N) is 1. The Balaban J connectivity index is 1.85. The third kappa shape index (κ3) is 5.59. The van der Waals surface area contributed by atoms with Crippen molar-refractivity contribution in [3.63, 3.8) is 0 Å². The van der Waals surface area contributed by atoms with Crippen LogP contribution in [0.3, 0.4) is 0 Å². The summed E-state index contributed by atoms with van der Waals surface area (Å²) in [6.45, 7) is 1.81. The molecule has 2 aromatic rings. The number of ether oxygens (including phenoxy) is 1. The maximum atomic E-state index is 12.0. The average molecular weight is 363 g/mol. The molecular weight excluding hydrogens is 345 g/mol. The van der Waals surface area contributed by atoms with Crippen LogP contribution in [-0.2, 0) is 21.2 Å². The molecule has 2 aromatic carbocycles. The highest BCUT2D eigenvalue weighted by atomic mass is 32.2. The molecule has 3 N–H and O–H groups in total. The summed E-state index contributed by atoms with van der Waals surface area (Å²) >= 11 is 0. The highest BCUT2D eigenvalue weighted by molar-refractivity contribution is 7.90. The van der Waals surface area contributed by atoms with Gasteiger partial charge in [-0.2, -0.15) is 0 Å². The van der Waals surface area contributed by atoms with Crippen LogP contribution in [0.4, 0.5) is 4.79 Å². The summed E-state index contributed by atoms with van der Waals surface area (Å²) in [7, 11) is -5.51. The third-order valence-electron chi connectivity index (χ3n) is 3.45. The van der Waals surface area contributed by atoms with Crippen LogP contribution in [0.5, 0.6) is 0 Å². The molecule has 7 nitrogen and oxygen atoms in total. The first kappa shape index (κ1) is 19.0. The molecule has 0 spiro atoms. The van der Waals surface area contributed by atoms with Crippen molar-refractivity contribution in [3.05, 3.63) is 59.7 Å². The number of benzene rings is 2. The number of rotatable bonds is 6. The van der Waals surface area contributed by atoms with Gasteiger partial charge in [0, 0.05) is 6.42 Å². The second-order valence-corrected chi connectivity index (χ2v) is 7.10. The third-order valence-corrected chi connectivity index (χ3v) is 4.78. The molecule has 0 aromatic heterocycles. The molecule has 0 aliphatic rings. The lowest BCUT2D eigenvalue weighted by molar-refractivity contribution is 0.154. The Hall–Kier alpha value is -2.36. The largest absolute Gasteiger partial charge is 0.488 e. The molecule has 0 unspecified atom stereocenters. The van der Waals surface area contributed by atoms with E-state index in [-0.39, 0.29) is 11.5 Å². The summed E-state index contributed by atoms with van der Waals surface area (Å²) in [4.78, 5) is 11.6. The summed E-state index contributed by atoms with van der Waals surface area (Å²) in [6.07, 6.45) is -0.692. The number of aryl methyl sites for hydroxylation is 1. The first-order valence-electron chi connectivity index (χ1n) is 7.49. The quantitative estimate of drug-likeness (QED) is 0.638. The molecule has 132 valence electrons. The summed E-state index contributed by atoms with van der Waals surface area (Å²) in [5.74, 6) is 0. The summed E-state index contributed by atoms with van der Waals surface area (Å²) < 4.78 is 30.8. The zero-order valence-corrected chi connectivity index (χ0v) is 14.4. The van der Waals surface area contributed by atoms with Crippen LogP contribution in [0.25, 0.3) is 0 Å². The van der Waals surface area contributed by atoms with Gasteiger partial charge >= 0.3 is 13.2 Å². The van der Waals surface area contributed by atoms with Gasteiger partial charge in [-0.1, -0.05) is 42.0 Å². The molecule has 0 radical (unpaired) electrons. The van der Waals surface area contributed by atoms with E-state index in [0.717, 1.165) is 11.1 Å². The van der Waals surface area contributed by atoms with Gasteiger partial charge in [-0.15, -0.1) is 0 Å². The fourth-order valence-corrected chi connectivity index (χ4v) is 2.92. The number of carbonyl (C=O) groups is 1. The van der Waals surface area contributed by atoms with E-state index in [1.807, 2.05) is 11.6 Å². The minimum Gasteiger partial charge on any atom is -0.448 e. The number of carbonyl (C=O) groups excluding carboxylic acids is 1. The first-order chi connectivity index (χ1) is 11.8. The topological polar surface area (TPSA) is 113 Å². The molecule has 0 saturated heterocycles. The lowest BCUT2D eigenvalue weighted by Gasteiger charge is -2.08. The van der Waals surface area contributed by atoms with E-state index in [2.05, 4.69) is 0 Å². The van der Waals surface area contributed by atoms with Crippen molar-refractivity contribution in [2.24, 2.45) is 0 Å². The van der Waals surface area contributed by atoms with Crippen LogP contribution < -0.4 is 10.2 Å². The van der Waals surface area contributed by atoms with Crippen LogP contribution in [0, 0.1) is 6.92 Å². The zero-order chi connectivity index (χ0) is 18.4. The molecule has 25 heavy (non-hydrogen) atoms. The van der Waals surface area contributed by atoms with E-state index >= 15 is 0 Å². The Morgan fingerprint density at radius 2 is 1.68 bits per heavy atom. The highest BCUT2D eigenvalue weighted by Gasteiger charge is 2.18. The van der Waals surface area contributed by atoms with Crippen LogP contribution in [0.15, 0.2) is 53.4 Å². The number of hydrogen-bond acceptors (Lipinski definition) is 6. The summed E-state index contributed by atoms with van der Waals surface area (Å²) in [5, 5.41) is 18.0. The van der Waals surface area contributed by atoms with Gasteiger partial charge in [0.2, 0.25) is 0 Å². The van der Waals surface area contributed by atoms with E-state index in [0.29, 0.717) is 11.9 Å². The maximum absolute atomic E-state index is 12.0. The predicted octanol–water partition coefficient (Wildman–Crippen LogP) is 0.332. The normalized spacial score (nSPS) is 11.0. The Kier molecular flexibility index (Phi) is 6.19. The van der Waals surface area contributed by atoms with Crippen molar-refractivity contribution in [1.29, 1.82) is 0 Å². The highest BCUT2D eigenvalue weighted by Crippen LogP contribution is 2.10. The molecule has 0 fully saturated rings. The first-order valence-corrected chi connectivity index (χ1v) is 8.97. The second kappa shape index (κ2) is 8.15. The predicted molar refractivity (Wildman–Crippen MR) is 92.8 cm³/mol. The maximum Gasteiger partial charge on any atom is 0.488 e. The number of amides is 1. The standard InChI is InChI=1S/C16H18BNO6S/c1-12-2-8-15(9-3-12)25(22,23)18-16(19)24-11-10-13-4-6-14(7-5-13)17(20)21/h2-9,20-21H,10-11H2,1H3,(H,18,19). The molecule has 2 rings (SSSR count). The Labute approximate surface area is 146 Å². The Morgan fingerprint density at radius 3 is 2.24 bits per heavy atom. The van der Waals surface area contributed by atoms with Crippen molar-refractivity contribution in [2.75, 3.05) is 6.61 Å². The van der Waals surface area contributed by atoms with E-state index < -0.39 is 23.2 Å². The number of sulfonamides is 1. The molecular formula is C16H18BNO6S. The van der Waals surface area contributed by atoms with Gasteiger partial charge in [0.05, 0.1) is 11.5 Å². The SMILES string of the molecule is Cc1ccc(S(=O)(=O)NC(=O)OCCc2ccc(B(O)O)cc2)cc1. The van der Waals surface area contributed by atoms with E-state index in [9.17, 15) is 13.2 Å². The van der Waals surface area contributed by atoms with Crippen molar-refractivity contribution < 1.29 is 28.0 Å². The van der Waals surface area contributed by atoms with Crippen molar-refractivity contribution in [2.45, 2.75) is 18.2 Å². The van der Waals surface area contributed by atoms with E-state index in [4.69, 9.17) is 14.8 Å². The molecule has 1 amide bonds. The fraction of sp³-hybridized carbons (Fsp3) is 0.188. The van der Waals surface area contributed by atoms with E-state index in [1.54, 1.807) is 36.4 Å². The minimum atomic E-state index is -3.97. The lowest BCUT2D eigenvalue weighted by atomic mass is 9.80. The average Bonchev–Trinajstić information content (AvgIpc) is 2.55. The van der Waals surface area contributed by atoms with Crippen molar-refractivity contribution in [1.82, 2.24) is 4.72 Å².